The molecule has 0 aliphatic rings. The molecule has 0 radical (unpaired) electrons. The van der Waals surface area contributed by atoms with Crippen LogP contribution in [0.5, 0.6) is 0 Å². The SMILES string of the molecule is CC(C)CCS(=O)(=O)c1cccc(C(=O)O)c1. The number of benzene rings is 1. The van der Waals surface area contributed by atoms with Crippen molar-refractivity contribution in [2.24, 2.45) is 5.92 Å². The third-order valence-electron chi connectivity index (χ3n) is 2.40. The van der Waals surface area contributed by atoms with E-state index >= 15 is 0 Å². The molecule has 1 aromatic rings. The summed E-state index contributed by atoms with van der Waals surface area (Å²) in [7, 11) is -3.37. The Morgan fingerprint density at radius 1 is 1.35 bits per heavy atom. The molecular weight excluding hydrogens is 240 g/mol. The summed E-state index contributed by atoms with van der Waals surface area (Å²) in [5, 5.41) is 8.80. The van der Waals surface area contributed by atoms with Gasteiger partial charge in [0.15, 0.2) is 9.84 Å². The Morgan fingerprint density at radius 2 is 2.00 bits per heavy atom. The van der Waals surface area contributed by atoms with Crippen LogP contribution < -0.4 is 0 Å². The highest BCUT2D eigenvalue weighted by Gasteiger charge is 2.16. The average Bonchev–Trinajstić information content (AvgIpc) is 2.27. The van der Waals surface area contributed by atoms with Crippen molar-refractivity contribution in [1.82, 2.24) is 0 Å². The lowest BCUT2D eigenvalue weighted by atomic mass is 10.2. The van der Waals surface area contributed by atoms with Crippen molar-refractivity contribution in [2.45, 2.75) is 25.2 Å². The molecule has 0 aromatic heterocycles. The third-order valence-corrected chi connectivity index (χ3v) is 4.15. The predicted octanol–water partition coefficient (Wildman–Crippen LogP) is 2.20. The summed E-state index contributed by atoms with van der Waals surface area (Å²) in [5.74, 6) is -0.772. The van der Waals surface area contributed by atoms with E-state index < -0.39 is 15.8 Å². The lowest BCUT2D eigenvalue weighted by Crippen LogP contribution is -2.10. The van der Waals surface area contributed by atoms with Gasteiger partial charge in [0.2, 0.25) is 0 Å². The van der Waals surface area contributed by atoms with E-state index in [1.165, 1.54) is 24.3 Å². The van der Waals surface area contributed by atoms with Crippen molar-refractivity contribution in [3.8, 4) is 0 Å². The molecule has 1 N–H and O–H groups in total. The first kappa shape index (κ1) is 13.7. The molecule has 0 saturated carbocycles. The number of hydrogen-bond donors (Lipinski definition) is 1. The van der Waals surface area contributed by atoms with E-state index in [0.717, 1.165) is 0 Å². The number of carbonyl (C=O) groups is 1. The van der Waals surface area contributed by atoms with Crippen LogP contribution in [0.3, 0.4) is 0 Å². The summed E-state index contributed by atoms with van der Waals surface area (Å²) < 4.78 is 23.8. The zero-order valence-corrected chi connectivity index (χ0v) is 10.7. The zero-order valence-electron chi connectivity index (χ0n) is 9.88. The fourth-order valence-electron chi connectivity index (χ4n) is 1.33. The number of carboxylic acids is 1. The first-order chi connectivity index (χ1) is 7.83. The van der Waals surface area contributed by atoms with Crippen molar-refractivity contribution in [3.63, 3.8) is 0 Å². The summed E-state index contributed by atoms with van der Waals surface area (Å²) in [5.41, 5.74) is -0.00405. The van der Waals surface area contributed by atoms with E-state index in [2.05, 4.69) is 0 Å². The summed E-state index contributed by atoms with van der Waals surface area (Å²) in [6, 6.07) is 5.47. The third kappa shape index (κ3) is 3.85. The Hall–Kier alpha value is -1.36. The molecule has 0 fully saturated rings. The van der Waals surface area contributed by atoms with Crippen LogP contribution in [0.15, 0.2) is 29.2 Å². The highest BCUT2D eigenvalue weighted by molar-refractivity contribution is 7.91. The summed E-state index contributed by atoms with van der Waals surface area (Å²) in [4.78, 5) is 10.8. The maximum atomic E-state index is 11.9. The number of sulfone groups is 1. The molecule has 0 atom stereocenters. The van der Waals surface area contributed by atoms with Gasteiger partial charge in [0.1, 0.15) is 0 Å². The van der Waals surface area contributed by atoms with E-state index in [0.29, 0.717) is 12.3 Å². The molecule has 0 aliphatic carbocycles. The average molecular weight is 256 g/mol. The molecule has 1 aromatic carbocycles. The molecule has 4 nitrogen and oxygen atoms in total. The second-order valence-corrected chi connectivity index (χ2v) is 6.44. The van der Waals surface area contributed by atoms with E-state index in [1.807, 2.05) is 13.8 Å². The van der Waals surface area contributed by atoms with Crippen LogP contribution in [0.25, 0.3) is 0 Å². The van der Waals surface area contributed by atoms with Gasteiger partial charge in [-0.3, -0.25) is 0 Å². The molecule has 1 rings (SSSR count). The van der Waals surface area contributed by atoms with Gasteiger partial charge in [0, 0.05) is 0 Å². The largest absolute Gasteiger partial charge is 0.478 e. The smallest absolute Gasteiger partial charge is 0.335 e. The molecule has 0 spiro atoms. The van der Waals surface area contributed by atoms with Crippen LogP contribution in [0, 0.1) is 5.92 Å². The second-order valence-electron chi connectivity index (χ2n) is 4.33. The number of carboxylic acid groups (broad SMARTS) is 1. The van der Waals surface area contributed by atoms with E-state index in [-0.39, 0.29) is 16.2 Å². The number of aromatic carboxylic acids is 1. The predicted molar refractivity (Wildman–Crippen MR) is 64.9 cm³/mol. The molecule has 5 heteroatoms. The summed E-state index contributed by atoms with van der Waals surface area (Å²) >= 11 is 0. The van der Waals surface area contributed by atoms with Gasteiger partial charge in [-0.15, -0.1) is 0 Å². The summed E-state index contributed by atoms with van der Waals surface area (Å²) in [6.45, 7) is 3.90. The zero-order chi connectivity index (χ0) is 13.1. The molecule has 0 saturated heterocycles. The van der Waals surface area contributed by atoms with Gasteiger partial charge >= 0.3 is 5.97 Å². The lowest BCUT2D eigenvalue weighted by molar-refractivity contribution is 0.0696. The number of rotatable bonds is 5. The number of hydrogen-bond acceptors (Lipinski definition) is 3. The molecule has 0 bridgehead atoms. The first-order valence-electron chi connectivity index (χ1n) is 5.39. The molecule has 0 unspecified atom stereocenters. The standard InChI is InChI=1S/C12H16O4S/c1-9(2)6-7-17(15,16)11-5-3-4-10(8-11)12(13)14/h3-5,8-9H,6-7H2,1-2H3,(H,13,14). The fraction of sp³-hybridized carbons (Fsp3) is 0.417. The highest BCUT2D eigenvalue weighted by atomic mass is 32.2. The summed E-state index contributed by atoms with van der Waals surface area (Å²) in [6.07, 6.45) is 0.569. The monoisotopic (exact) mass is 256 g/mol. The minimum Gasteiger partial charge on any atom is -0.478 e. The van der Waals surface area contributed by atoms with Crippen molar-refractivity contribution in [1.29, 1.82) is 0 Å². The van der Waals surface area contributed by atoms with E-state index in [9.17, 15) is 13.2 Å². The maximum absolute atomic E-state index is 11.9. The second kappa shape index (κ2) is 5.31. The van der Waals surface area contributed by atoms with Crippen LogP contribution in [0.4, 0.5) is 0 Å². The van der Waals surface area contributed by atoms with Crippen LogP contribution in [-0.2, 0) is 9.84 Å². The Morgan fingerprint density at radius 3 is 2.53 bits per heavy atom. The molecule has 94 valence electrons. The first-order valence-corrected chi connectivity index (χ1v) is 7.04. The van der Waals surface area contributed by atoms with Crippen molar-refractivity contribution >= 4 is 15.8 Å². The Labute approximate surface area is 101 Å². The minimum atomic E-state index is -3.37. The molecular formula is C12H16O4S. The van der Waals surface area contributed by atoms with Crippen LogP contribution in [0.2, 0.25) is 0 Å². The van der Waals surface area contributed by atoms with Gasteiger partial charge in [0.05, 0.1) is 16.2 Å². The van der Waals surface area contributed by atoms with Gasteiger partial charge < -0.3 is 5.11 Å². The van der Waals surface area contributed by atoms with Gasteiger partial charge in [-0.2, -0.15) is 0 Å². The highest BCUT2D eigenvalue weighted by Crippen LogP contribution is 2.16. The fourth-order valence-corrected chi connectivity index (χ4v) is 2.94. The van der Waals surface area contributed by atoms with Crippen molar-refractivity contribution in [2.75, 3.05) is 5.75 Å². The van der Waals surface area contributed by atoms with Crippen molar-refractivity contribution in [3.05, 3.63) is 29.8 Å². The van der Waals surface area contributed by atoms with Crippen molar-refractivity contribution < 1.29 is 18.3 Å². The Kier molecular flexibility index (Phi) is 4.28. The quantitative estimate of drug-likeness (QED) is 0.876. The molecule has 17 heavy (non-hydrogen) atoms. The van der Waals surface area contributed by atoms with Gasteiger partial charge in [0.25, 0.3) is 0 Å². The van der Waals surface area contributed by atoms with Crippen LogP contribution in [-0.4, -0.2) is 25.2 Å². The van der Waals surface area contributed by atoms with Crippen LogP contribution >= 0.6 is 0 Å². The molecule has 0 aliphatic heterocycles. The van der Waals surface area contributed by atoms with Gasteiger partial charge in [-0.1, -0.05) is 19.9 Å². The Bertz CT molecular complexity index is 503. The maximum Gasteiger partial charge on any atom is 0.335 e. The molecule has 0 amide bonds. The van der Waals surface area contributed by atoms with E-state index in [4.69, 9.17) is 5.11 Å². The lowest BCUT2D eigenvalue weighted by Gasteiger charge is -2.07. The van der Waals surface area contributed by atoms with Gasteiger partial charge in [-0.25, -0.2) is 13.2 Å². The Balaban J connectivity index is 2.99. The molecule has 0 heterocycles. The van der Waals surface area contributed by atoms with Gasteiger partial charge in [-0.05, 0) is 30.5 Å². The van der Waals surface area contributed by atoms with E-state index in [1.54, 1.807) is 0 Å². The normalized spacial score (nSPS) is 11.7. The van der Waals surface area contributed by atoms with Crippen LogP contribution in [0.1, 0.15) is 30.6 Å². The minimum absolute atomic E-state index is 0.00405. The topological polar surface area (TPSA) is 71.4 Å².